The molecule has 180 valence electrons. The van der Waals surface area contributed by atoms with E-state index in [9.17, 15) is 0 Å². The fourth-order valence-corrected chi connectivity index (χ4v) is 5.21. The van der Waals surface area contributed by atoms with Crippen molar-refractivity contribution in [2.24, 2.45) is 4.99 Å². The lowest BCUT2D eigenvalue weighted by molar-refractivity contribution is 0.688. The Bertz CT molecular complexity index is 1480. The number of thiophene rings is 1. The number of nitrogens with one attached hydrogen (secondary N) is 3. The number of benzene rings is 1. The van der Waals surface area contributed by atoms with E-state index in [1.807, 2.05) is 17.0 Å². The largest absolute Gasteiger partial charge is 0.364 e. The van der Waals surface area contributed by atoms with Gasteiger partial charge in [-0.05, 0) is 29.9 Å². The molecule has 8 nitrogen and oxygen atoms in total. The molecule has 3 N–H and O–H groups in total. The summed E-state index contributed by atoms with van der Waals surface area (Å²) in [5.74, 6) is 2.29. The Morgan fingerprint density at radius 3 is 2.72 bits per heavy atom. The summed E-state index contributed by atoms with van der Waals surface area (Å²) in [5.41, 5.74) is 4.81. The summed E-state index contributed by atoms with van der Waals surface area (Å²) in [4.78, 5) is 19.3. The highest BCUT2D eigenvalue weighted by Crippen LogP contribution is 2.27. The number of aromatic nitrogens is 4. The van der Waals surface area contributed by atoms with Gasteiger partial charge in [-0.3, -0.25) is 9.56 Å². The topological polar surface area (TPSA) is 92.1 Å². The first kappa shape index (κ1) is 21.5. The highest BCUT2D eigenvalue weighted by molar-refractivity contribution is 7.08. The molecule has 1 aliphatic heterocycles. The summed E-state index contributed by atoms with van der Waals surface area (Å²) in [6.45, 7) is 1.43. The molecule has 3 aromatic heterocycles. The first-order chi connectivity index (χ1) is 17.8. The molecule has 0 bridgehead atoms. The van der Waals surface area contributed by atoms with Crippen molar-refractivity contribution in [2.45, 2.75) is 37.5 Å². The quantitative estimate of drug-likeness (QED) is 0.342. The molecule has 0 radical (unpaired) electrons. The third-order valence-electron chi connectivity index (χ3n) is 6.73. The van der Waals surface area contributed by atoms with Gasteiger partial charge in [0.1, 0.15) is 12.2 Å². The van der Waals surface area contributed by atoms with Crippen molar-refractivity contribution in [2.75, 3.05) is 11.9 Å². The molecule has 3 aliphatic rings. The molecule has 2 aliphatic carbocycles. The average Bonchev–Trinajstić information content (AvgIpc) is 3.27. The molecular formula is C27H26N8S. The lowest BCUT2D eigenvalue weighted by Gasteiger charge is -2.14. The van der Waals surface area contributed by atoms with Crippen molar-refractivity contribution in [3.8, 4) is 17.1 Å². The monoisotopic (exact) mass is 494 g/mol. The van der Waals surface area contributed by atoms with Crippen LogP contribution in [0.25, 0.3) is 28.2 Å². The van der Waals surface area contributed by atoms with Crippen LogP contribution in [0.2, 0.25) is 0 Å². The third kappa shape index (κ3) is 4.20. The lowest BCUT2D eigenvalue weighted by Crippen LogP contribution is -2.35. The van der Waals surface area contributed by atoms with E-state index in [1.165, 1.54) is 18.4 Å². The fourth-order valence-electron chi connectivity index (χ4n) is 4.58. The Morgan fingerprint density at radius 2 is 1.92 bits per heavy atom. The van der Waals surface area contributed by atoms with Crippen molar-refractivity contribution >= 4 is 34.2 Å². The van der Waals surface area contributed by atoms with Crippen LogP contribution in [0.3, 0.4) is 0 Å². The number of aliphatic imine (C=N–C) groups is 1. The number of anilines is 1. The molecule has 1 aromatic carbocycles. The number of allylic oxidation sites excluding steroid dienone is 2. The molecule has 4 aromatic rings. The van der Waals surface area contributed by atoms with Gasteiger partial charge < -0.3 is 16.0 Å². The third-order valence-corrected chi connectivity index (χ3v) is 7.40. The SMILES string of the molecule is C1=CC2N=C(CNc3nc(-c4ccc(CNC5CC5)cc4)nc4c3ncn4-c3ccsc3)NC2C=C1. The smallest absolute Gasteiger partial charge is 0.170 e. The Balaban J connectivity index is 1.21. The summed E-state index contributed by atoms with van der Waals surface area (Å²) < 4.78 is 2.02. The van der Waals surface area contributed by atoms with Crippen LogP contribution in [-0.2, 0) is 6.54 Å². The molecule has 0 spiro atoms. The molecule has 7 rings (SSSR count). The minimum Gasteiger partial charge on any atom is -0.364 e. The van der Waals surface area contributed by atoms with Gasteiger partial charge in [0.25, 0.3) is 0 Å². The first-order valence-electron chi connectivity index (χ1n) is 12.3. The zero-order valence-corrected chi connectivity index (χ0v) is 20.4. The van der Waals surface area contributed by atoms with Crippen molar-refractivity contribution in [3.05, 3.63) is 77.3 Å². The summed E-state index contributed by atoms with van der Waals surface area (Å²) in [7, 11) is 0. The van der Waals surface area contributed by atoms with E-state index in [-0.39, 0.29) is 12.1 Å². The van der Waals surface area contributed by atoms with Gasteiger partial charge in [-0.1, -0.05) is 48.6 Å². The zero-order chi connectivity index (χ0) is 23.9. The van der Waals surface area contributed by atoms with E-state index in [0.29, 0.717) is 24.2 Å². The van der Waals surface area contributed by atoms with Crippen LogP contribution >= 0.6 is 11.3 Å². The van der Waals surface area contributed by atoms with Gasteiger partial charge in [-0.15, -0.1) is 0 Å². The van der Waals surface area contributed by atoms with Crippen LogP contribution in [0, 0.1) is 0 Å². The van der Waals surface area contributed by atoms with Crippen molar-refractivity contribution in [1.29, 1.82) is 0 Å². The van der Waals surface area contributed by atoms with Crippen LogP contribution in [0.15, 0.2) is 76.7 Å². The van der Waals surface area contributed by atoms with Crippen LogP contribution in [0.4, 0.5) is 5.82 Å². The fraction of sp³-hybridized carbons (Fsp3) is 0.259. The molecule has 1 saturated carbocycles. The minimum absolute atomic E-state index is 0.151. The highest BCUT2D eigenvalue weighted by atomic mass is 32.1. The van der Waals surface area contributed by atoms with Gasteiger partial charge in [0, 0.05) is 23.5 Å². The second-order valence-corrected chi connectivity index (χ2v) is 10.2. The maximum atomic E-state index is 4.95. The number of imidazole rings is 1. The lowest BCUT2D eigenvalue weighted by atomic mass is 10.1. The van der Waals surface area contributed by atoms with E-state index in [4.69, 9.17) is 15.0 Å². The van der Waals surface area contributed by atoms with Crippen molar-refractivity contribution in [3.63, 3.8) is 0 Å². The van der Waals surface area contributed by atoms with E-state index < -0.39 is 0 Å². The van der Waals surface area contributed by atoms with E-state index >= 15 is 0 Å². The number of hydrogen-bond acceptors (Lipinski definition) is 8. The number of hydrogen-bond donors (Lipinski definition) is 3. The standard InChI is InChI=1S/C27H26N8S/c1-2-4-22-21(3-1)31-23(32-22)14-29-26-24-27(35(16-30-24)20-11-12-36-15-20)34-25(33-26)18-7-5-17(6-8-18)13-28-19-9-10-19/h1-8,11-12,15-16,19,21-22,28H,9-10,13-14H2,(H,31,32)(H,29,33,34). The van der Waals surface area contributed by atoms with Gasteiger partial charge in [0.2, 0.25) is 0 Å². The van der Waals surface area contributed by atoms with Gasteiger partial charge >= 0.3 is 0 Å². The Morgan fingerprint density at radius 1 is 1.03 bits per heavy atom. The first-order valence-corrected chi connectivity index (χ1v) is 13.3. The predicted molar refractivity (Wildman–Crippen MR) is 145 cm³/mol. The van der Waals surface area contributed by atoms with Crippen molar-refractivity contribution < 1.29 is 0 Å². The maximum Gasteiger partial charge on any atom is 0.170 e. The van der Waals surface area contributed by atoms with Crippen LogP contribution < -0.4 is 16.0 Å². The molecule has 4 heterocycles. The van der Waals surface area contributed by atoms with Gasteiger partial charge in [0.15, 0.2) is 22.8 Å². The van der Waals surface area contributed by atoms with Gasteiger partial charge in [-0.25, -0.2) is 15.0 Å². The van der Waals surface area contributed by atoms with Crippen molar-refractivity contribution in [1.82, 2.24) is 30.2 Å². The molecular weight excluding hydrogens is 468 g/mol. The molecule has 1 fully saturated rings. The van der Waals surface area contributed by atoms with Crippen LogP contribution in [0.5, 0.6) is 0 Å². The van der Waals surface area contributed by atoms with Gasteiger partial charge in [0.05, 0.1) is 24.3 Å². The van der Waals surface area contributed by atoms with Crippen LogP contribution in [0.1, 0.15) is 18.4 Å². The number of rotatable bonds is 8. The molecule has 36 heavy (non-hydrogen) atoms. The molecule has 2 unspecified atom stereocenters. The minimum atomic E-state index is 0.151. The highest BCUT2D eigenvalue weighted by Gasteiger charge is 2.26. The second-order valence-electron chi connectivity index (χ2n) is 9.38. The summed E-state index contributed by atoms with van der Waals surface area (Å²) in [6, 6.07) is 11.7. The molecule has 9 heteroatoms. The number of nitrogens with zero attached hydrogens (tertiary/aromatic N) is 5. The van der Waals surface area contributed by atoms with E-state index in [1.54, 1.807) is 11.3 Å². The van der Waals surface area contributed by atoms with Crippen LogP contribution in [-0.4, -0.2) is 50.0 Å². The molecule has 0 saturated heterocycles. The Kier molecular flexibility index (Phi) is 5.36. The molecule has 2 atom stereocenters. The second kappa shape index (κ2) is 9.00. The molecule has 0 amide bonds. The predicted octanol–water partition coefficient (Wildman–Crippen LogP) is 4.07. The van der Waals surface area contributed by atoms with E-state index in [2.05, 4.69) is 80.3 Å². The number of fused-ring (bicyclic) bond motifs is 2. The van der Waals surface area contributed by atoms with Gasteiger partial charge in [-0.2, -0.15) is 11.3 Å². The zero-order valence-electron chi connectivity index (χ0n) is 19.6. The normalized spacial score (nSPS) is 20.4. The van der Waals surface area contributed by atoms with E-state index in [0.717, 1.165) is 34.8 Å². The summed E-state index contributed by atoms with van der Waals surface area (Å²) in [5, 5.41) is 14.7. The maximum absolute atomic E-state index is 4.95. The summed E-state index contributed by atoms with van der Waals surface area (Å²) >= 11 is 1.65. The number of amidine groups is 1. The Labute approximate surface area is 212 Å². The average molecular weight is 495 g/mol. The Hall–Kier alpha value is -3.82. The summed E-state index contributed by atoms with van der Waals surface area (Å²) in [6.07, 6.45) is 12.8.